The number of primary amides is 1. The Bertz CT molecular complexity index is 1970. The van der Waals surface area contributed by atoms with E-state index in [1.165, 1.54) is 10.7 Å². The summed E-state index contributed by atoms with van der Waals surface area (Å²) in [5.41, 5.74) is 14.6. The van der Waals surface area contributed by atoms with Gasteiger partial charge in [0.15, 0.2) is 17.2 Å². The number of carbonyl (C=O) groups excluding carboxylic acids is 1. The molecular weight excluding hydrogens is 504 g/mol. The molecule has 6 aromatic rings. The topological polar surface area (TPSA) is 139 Å². The summed E-state index contributed by atoms with van der Waals surface area (Å²) in [4.78, 5) is 28.3. The van der Waals surface area contributed by atoms with Gasteiger partial charge in [-0.05, 0) is 48.2 Å². The highest BCUT2D eigenvalue weighted by atomic mass is 16.1. The SMILES string of the molecule is CCc1cc2cccc(C#Cc3cnn(C)c3)c2c(=O)n1-c1ccccc1.NC(=O)c1c(N)nc2cccnn12. The molecule has 0 unspecified atom stereocenters. The minimum absolute atomic E-state index is 0.0355. The van der Waals surface area contributed by atoms with Gasteiger partial charge in [-0.3, -0.25) is 18.8 Å². The van der Waals surface area contributed by atoms with Crippen molar-refractivity contribution in [2.45, 2.75) is 13.3 Å². The third kappa shape index (κ3) is 5.04. The van der Waals surface area contributed by atoms with E-state index in [-0.39, 0.29) is 17.1 Å². The van der Waals surface area contributed by atoms with Crippen molar-refractivity contribution in [3.63, 3.8) is 0 Å². The van der Waals surface area contributed by atoms with Gasteiger partial charge in [-0.25, -0.2) is 9.50 Å². The van der Waals surface area contributed by atoms with Gasteiger partial charge < -0.3 is 11.5 Å². The average Bonchev–Trinajstić information content (AvgIpc) is 3.53. The van der Waals surface area contributed by atoms with Crippen molar-refractivity contribution in [3.8, 4) is 17.5 Å². The maximum absolute atomic E-state index is 13.4. The smallest absolute Gasteiger partial charge is 0.271 e. The van der Waals surface area contributed by atoms with Crippen LogP contribution in [-0.2, 0) is 13.5 Å². The number of aryl methyl sites for hydroxylation is 2. The minimum Gasteiger partial charge on any atom is -0.382 e. The largest absolute Gasteiger partial charge is 0.382 e. The van der Waals surface area contributed by atoms with Gasteiger partial charge in [0.05, 0.1) is 17.1 Å². The number of nitrogen functional groups attached to an aromatic ring is 1. The molecule has 0 saturated heterocycles. The molecule has 6 rings (SSSR count). The molecule has 0 radical (unpaired) electrons. The van der Waals surface area contributed by atoms with Crippen molar-refractivity contribution in [1.82, 2.24) is 28.9 Å². The Morgan fingerprint density at radius 3 is 2.50 bits per heavy atom. The van der Waals surface area contributed by atoms with Crippen LogP contribution in [0.2, 0.25) is 0 Å². The molecule has 4 heterocycles. The van der Waals surface area contributed by atoms with Gasteiger partial charge in [-0.15, -0.1) is 0 Å². The first-order valence-electron chi connectivity index (χ1n) is 12.5. The van der Waals surface area contributed by atoms with E-state index < -0.39 is 5.91 Å². The molecule has 0 atom stereocenters. The highest BCUT2D eigenvalue weighted by Gasteiger charge is 2.15. The number of amides is 1. The summed E-state index contributed by atoms with van der Waals surface area (Å²) in [6.07, 6.45) is 5.87. The summed E-state index contributed by atoms with van der Waals surface area (Å²) in [6, 6.07) is 21.0. The predicted molar refractivity (Wildman–Crippen MR) is 154 cm³/mol. The number of fused-ring (bicyclic) bond motifs is 2. The van der Waals surface area contributed by atoms with Crippen LogP contribution >= 0.6 is 0 Å². The Hall–Kier alpha value is -5.69. The van der Waals surface area contributed by atoms with E-state index in [0.29, 0.717) is 11.0 Å². The standard InChI is InChI=1S/C23H19N3O.C7H7N5O/c1-3-20-14-19-9-7-8-18(13-12-17-15-24-25(2)16-17)22(19)23(27)26(20)21-10-5-4-6-11-21;8-6-5(7(9)13)12-4(11-6)2-1-3-10-12/h4-11,14-16H,3H2,1-2H3;1-3H,8H2,(H2,9,13). The number of carbonyl (C=O) groups is 1. The summed E-state index contributed by atoms with van der Waals surface area (Å²) < 4.78 is 4.82. The summed E-state index contributed by atoms with van der Waals surface area (Å²) >= 11 is 0. The summed E-state index contributed by atoms with van der Waals surface area (Å²) in [5, 5.41) is 9.60. The lowest BCUT2D eigenvalue weighted by Gasteiger charge is -2.14. The van der Waals surface area contributed by atoms with Crippen LogP contribution in [0, 0.1) is 11.8 Å². The number of para-hydroxylation sites is 1. The Morgan fingerprint density at radius 2 is 1.80 bits per heavy atom. The van der Waals surface area contributed by atoms with Crippen LogP contribution in [0.15, 0.2) is 90.1 Å². The van der Waals surface area contributed by atoms with Crippen LogP contribution in [-0.4, -0.2) is 34.9 Å². The van der Waals surface area contributed by atoms with Crippen molar-refractivity contribution in [2.24, 2.45) is 12.8 Å². The Morgan fingerprint density at radius 1 is 1.00 bits per heavy atom. The molecule has 0 spiro atoms. The number of hydrogen-bond acceptors (Lipinski definition) is 6. The summed E-state index contributed by atoms with van der Waals surface area (Å²) in [6.45, 7) is 2.06. The van der Waals surface area contributed by atoms with E-state index in [0.717, 1.165) is 34.3 Å². The highest BCUT2D eigenvalue weighted by Crippen LogP contribution is 2.19. The van der Waals surface area contributed by atoms with Gasteiger partial charge in [-0.2, -0.15) is 10.2 Å². The fourth-order valence-corrected chi connectivity index (χ4v) is 4.40. The van der Waals surface area contributed by atoms with Crippen molar-refractivity contribution >= 4 is 28.1 Å². The first-order valence-corrected chi connectivity index (χ1v) is 12.5. The molecule has 0 aliphatic rings. The highest BCUT2D eigenvalue weighted by molar-refractivity contribution is 5.96. The number of benzene rings is 2. The van der Waals surface area contributed by atoms with Gasteiger partial charge in [-0.1, -0.05) is 49.1 Å². The van der Waals surface area contributed by atoms with Crippen LogP contribution in [0.25, 0.3) is 22.1 Å². The molecule has 10 heteroatoms. The second-order valence-corrected chi connectivity index (χ2v) is 8.89. The van der Waals surface area contributed by atoms with E-state index in [1.54, 1.807) is 27.6 Å². The second kappa shape index (κ2) is 11.0. The minimum atomic E-state index is -0.635. The summed E-state index contributed by atoms with van der Waals surface area (Å²) in [5.74, 6) is 5.73. The molecule has 40 heavy (non-hydrogen) atoms. The lowest BCUT2D eigenvalue weighted by Crippen LogP contribution is -2.22. The quantitative estimate of drug-likeness (QED) is 0.337. The number of anilines is 1. The van der Waals surface area contributed by atoms with Gasteiger partial charge in [0, 0.05) is 36.4 Å². The van der Waals surface area contributed by atoms with Gasteiger partial charge >= 0.3 is 0 Å². The van der Waals surface area contributed by atoms with Crippen LogP contribution in [0.1, 0.15) is 34.2 Å². The number of hydrogen-bond donors (Lipinski definition) is 2. The number of rotatable bonds is 3. The molecule has 2 aromatic carbocycles. The van der Waals surface area contributed by atoms with Crippen molar-refractivity contribution in [2.75, 3.05) is 5.73 Å². The van der Waals surface area contributed by atoms with E-state index in [4.69, 9.17) is 11.5 Å². The fraction of sp³-hybridized carbons (Fsp3) is 0.100. The zero-order valence-electron chi connectivity index (χ0n) is 21.9. The fourth-order valence-electron chi connectivity index (χ4n) is 4.40. The Balaban J connectivity index is 0.000000207. The van der Waals surface area contributed by atoms with Crippen molar-refractivity contribution < 1.29 is 4.79 Å². The molecule has 10 nitrogen and oxygen atoms in total. The zero-order valence-corrected chi connectivity index (χ0v) is 21.9. The van der Waals surface area contributed by atoms with Gasteiger partial charge in [0.25, 0.3) is 11.5 Å². The number of aromatic nitrogens is 6. The molecule has 0 aliphatic carbocycles. The average molecular weight is 531 g/mol. The van der Waals surface area contributed by atoms with E-state index in [1.807, 2.05) is 61.8 Å². The van der Waals surface area contributed by atoms with Crippen LogP contribution in [0.5, 0.6) is 0 Å². The van der Waals surface area contributed by atoms with Crippen LogP contribution in [0.4, 0.5) is 5.82 Å². The molecule has 0 aliphatic heterocycles. The van der Waals surface area contributed by atoms with Crippen molar-refractivity contribution in [3.05, 3.63) is 118 Å². The van der Waals surface area contributed by atoms with Crippen LogP contribution in [0.3, 0.4) is 0 Å². The van der Waals surface area contributed by atoms with Gasteiger partial charge in [0.1, 0.15) is 0 Å². The molecule has 4 N–H and O–H groups in total. The molecular formula is C30H26N8O2. The van der Waals surface area contributed by atoms with E-state index in [2.05, 4.69) is 40.0 Å². The maximum Gasteiger partial charge on any atom is 0.271 e. The third-order valence-corrected chi connectivity index (χ3v) is 6.20. The molecule has 0 bridgehead atoms. The monoisotopic (exact) mass is 530 g/mol. The third-order valence-electron chi connectivity index (χ3n) is 6.20. The van der Waals surface area contributed by atoms with Crippen LogP contribution < -0.4 is 17.0 Å². The number of imidazole rings is 1. The number of pyridine rings is 1. The van der Waals surface area contributed by atoms with Crippen molar-refractivity contribution in [1.29, 1.82) is 0 Å². The molecule has 0 fully saturated rings. The second-order valence-electron chi connectivity index (χ2n) is 8.89. The summed E-state index contributed by atoms with van der Waals surface area (Å²) in [7, 11) is 1.86. The molecule has 4 aromatic heterocycles. The first-order chi connectivity index (χ1) is 19.4. The lowest BCUT2D eigenvalue weighted by molar-refractivity contribution is 0.0994. The lowest BCUT2D eigenvalue weighted by atomic mass is 10.0. The zero-order chi connectivity index (χ0) is 28.2. The first kappa shape index (κ1) is 25.9. The van der Waals surface area contributed by atoms with E-state index in [9.17, 15) is 9.59 Å². The van der Waals surface area contributed by atoms with Gasteiger partial charge in [0.2, 0.25) is 0 Å². The van der Waals surface area contributed by atoms with E-state index >= 15 is 0 Å². The number of nitrogens with zero attached hydrogens (tertiary/aromatic N) is 6. The normalized spacial score (nSPS) is 10.6. The molecule has 198 valence electrons. The number of nitrogens with two attached hydrogens (primary N) is 2. The Kier molecular flexibility index (Phi) is 7.11. The Labute approximate surface area is 229 Å². The maximum atomic E-state index is 13.4. The predicted octanol–water partition coefficient (Wildman–Crippen LogP) is 3.10. The molecule has 1 amide bonds. The molecule has 0 saturated carbocycles.